The minimum Gasteiger partial charge on any atom is -0.492 e. The molecule has 7 nitrogen and oxygen atoms in total. The Morgan fingerprint density at radius 1 is 0.785 bits per heavy atom. The van der Waals surface area contributed by atoms with Gasteiger partial charge < -0.3 is 23.4 Å². The molecule has 1 aliphatic carbocycles. The average molecular weight is 935 g/mol. The molecule has 3 heterocycles. The molecule has 0 spiro atoms. The van der Waals surface area contributed by atoms with Gasteiger partial charge in [0.2, 0.25) is 17.0 Å². The molecule has 0 amide bonds. The molecule has 0 N–H and O–H groups in total. The van der Waals surface area contributed by atoms with Crippen molar-refractivity contribution in [3.8, 4) is 28.7 Å². The number of nitrogens with zero attached hydrogens (tertiary/aromatic N) is 2. The molecule has 3 aliphatic rings. The molecule has 2 fully saturated rings. The maximum atomic E-state index is 15.8. The van der Waals surface area contributed by atoms with Gasteiger partial charge in [-0.2, -0.15) is 30.7 Å². The summed E-state index contributed by atoms with van der Waals surface area (Å²) in [4.78, 5) is 0. The van der Waals surface area contributed by atoms with Crippen molar-refractivity contribution in [3.05, 3.63) is 112 Å². The van der Waals surface area contributed by atoms with Gasteiger partial charge in [-0.15, -0.1) is 10.2 Å². The van der Waals surface area contributed by atoms with Gasteiger partial charge in [-0.3, -0.25) is 0 Å². The summed E-state index contributed by atoms with van der Waals surface area (Å²) < 4.78 is 212. The Labute approximate surface area is 366 Å². The normalized spacial score (nSPS) is 21.2. The Balaban J connectivity index is 1.39. The van der Waals surface area contributed by atoms with Crippen molar-refractivity contribution in [1.29, 1.82) is 0 Å². The van der Waals surface area contributed by atoms with Crippen LogP contribution in [0.2, 0.25) is 0 Å². The molecule has 3 unspecified atom stereocenters. The molecule has 354 valence electrons. The standard InChI is InChI=1S/C46H46F12N2O5/c1-9-42(6,7)33-30(47)17-28(34(49)36(33)51)39-59-60-40(64-39)29-18-31(48)38(37(52)35(29)50)63-25(11-10-12-26-21-61-26)15-13-23(2)44(45(53,54)55,46(56,57)58)24-14-16-32(65-41(3,4)5)43(8,19-24)20-27-22-62-27/h10-11,13-18,26-27H,9,12,19-22H2,1-8H3. The summed E-state index contributed by atoms with van der Waals surface area (Å²) >= 11 is 0. The van der Waals surface area contributed by atoms with E-state index in [1.807, 2.05) is 0 Å². The highest BCUT2D eigenvalue weighted by Crippen LogP contribution is 2.63. The van der Waals surface area contributed by atoms with Gasteiger partial charge in [0.15, 0.2) is 23.3 Å². The number of aromatic nitrogens is 2. The van der Waals surface area contributed by atoms with Crippen LogP contribution in [0, 0.1) is 45.7 Å². The summed E-state index contributed by atoms with van der Waals surface area (Å²) in [5.74, 6) is -13.9. The number of epoxide rings is 2. The van der Waals surface area contributed by atoms with Crippen molar-refractivity contribution < 1.29 is 76.0 Å². The molecule has 19 heteroatoms. The van der Waals surface area contributed by atoms with Crippen LogP contribution in [-0.4, -0.2) is 53.6 Å². The van der Waals surface area contributed by atoms with Crippen molar-refractivity contribution in [2.75, 3.05) is 13.2 Å². The first kappa shape index (κ1) is 49.4. The molecule has 2 aliphatic heterocycles. The fraction of sp³-hybridized carbons (Fsp3) is 0.478. The lowest BCUT2D eigenvalue weighted by Gasteiger charge is -2.45. The molecule has 0 bridgehead atoms. The summed E-state index contributed by atoms with van der Waals surface area (Å²) in [7, 11) is 0. The molecule has 2 saturated heterocycles. The minimum absolute atomic E-state index is 0.0540. The predicted octanol–water partition coefficient (Wildman–Crippen LogP) is 13.4. The maximum absolute atomic E-state index is 15.8. The molecule has 0 radical (unpaired) electrons. The lowest BCUT2D eigenvalue weighted by molar-refractivity contribution is -0.312. The summed E-state index contributed by atoms with van der Waals surface area (Å²) in [6.45, 7) is 12.3. The Morgan fingerprint density at radius 2 is 1.34 bits per heavy atom. The van der Waals surface area contributed by atoms with E-state index in [2.05, 4.69) is 10.2 Å². The first-order valence-corrected chi connectivity index (χ1v) is 20.4. The molecule has 2 aromatic carbocycles. The fourth-order valence-electron chi connectivity index (χ4n) is 7.70. The molecular weight excluding hydrogens is 888 g/mol. The van der Waals surface area contributed by atoms with Crippen LogP contribution in [0.15, 0.2) is 75.7 Å². The topological polar surface area (TPSA) is 82.4 Å². The second kappa shape index (κ2) is 17.6. The third-order valence-electron chi connectivity index (χ3n) is 11.6. The zero-order valence-corrected chi connectivity index (χ0v) is 36.5. The number of rotatable bonds is 15. The van der Waals surface area contributed by atoms with Crippen LogP contribution >= 0.6 is 0 Å². The molecule has 1 aromatic heterocycles. The molecule has 3 aromatic rings. The third kappa shape index (κ3) is 10.1. The van der Waals surface area contributed by atoms with Crippen LogP contribution in [0.1, 0.15) is 86.6 Å². The Hall–Kier alpha value is -5.04. The van der Waals surface area contributed by atoms with Crippen LogP contribution in [0.25, 0.3) is 22.9 Å². The summed E-state index contributed by atoms with van der Waals surface area (Å²) in [5, 5.41) is 6.92. The predicted molar refractivity (Wildman–Crippen MR) is 213 cm³/mol. The highest BCUT2D eigenvalue weighted by Gasteiger charge is 2.73. The van der Waals surface area contributed by atoms with Crippen molar-refractivity contribution in [1.82, 2.24) is 10.2 Å². The van der Waals surface area contributed by atoms with E-state index in [1.165, 1.54) is 26.8 Å². The van der Waals surface area contributed by atoms with Crippen molar-refractivity contribution in [2.24, 2.45) is 10.8 Å². The van der Waals surface area contributed by atoms with E-state index in [1.54, 1.807) is 27.7 Å². The zero-order valence-electron chi connectivity index (χ0n) is 36.5. The van der Waals surface area contributed by atoms with Crippen molar-refractivity contribution in [3.63, 3.8) is 0 Å². The van der Waals surface area contributed by atoms with E-state index in [9.17, 15) is 0 Å². The lowest BCUT2D eigenvalue weighted by Crippen LogP contribution is -2.53. The molecule has 6 rings (SSSR count). The number of alkyl halides is 6. The van der Waals surface area contributed by atoms with Crippen LogP contribution < -0.4 is 4.74 Å². The first-order valence-electron chi connectivity index (χ1n) is 20.4. The molecule has 0 saturated carbocycles. The van der Waals surface area contributed by atoms with Gasteiger partial charge in [-0.05, 0) is 100 Å². The second-order valence-electron chi connectivity index (χ2n) is 18.1. The highest BCUT2D eigenvalue weighted by molar-refractivity contribution is 5.61. The molecule has 65 heavy (non-hydrogen) atoms. The molecular formula is C46H46F12N2O5. The lowest BCUT2D eigenvalue weighted by atomic mass is 9.63. The summed E-state index contributed by atoms with van der Waals surface area (Å²) in [6, 6.07) is 0.874. The van der Waals surface area contributed by atoms with E-state index in [4.69, 9.17) is 23.4 Å². The van der Waals surface area contributed by atoms with Crippen LogP contribution in [0.5, 0.6) is 5.75 Å². The van der Waals surface area contributed by atoms with Crippen LogP contribution in [0.4, 0.5) is 52.7 Å². The maximum Gasteiger partial charge on any atom is 0.410 e. The number of hydrogen-bond acceptors (Lipinski definition) is 7. The summed E-state index contributed by atoms with van der Waals surface area (Å²) in [5.41, 5.74) is -12.8. The van der Waals surface area contributed by atoms with Gasteiger partial charge in [0.05, 0.1) is 36.5 Å². The fourth-order valence-corrected chi connectivity index (χ4v) is 7.70. The Kier molecular flexibility index (Phi) is 13.4. The van der Waals surface area contributed by atoms with Gasteiger partial charge in [0.25, 0.3) is 11.8 Å². The molecule has 3 atom stereocenters. The Bertz CT molecular complexity index is 2450. The van der Waals surface area contributed by atoms with E-state index >= 15 is 52.7 Å². The van der Waals surface area contributed by atoms with Gasteiger partial charge >= 0.3 is 12.4 Å². The number of allylic oxidation sites excluding steroid dienone is 8. The van der Waals surface area contributed by atoms with Crippen LogP contribution in [0.3, 0.4) is 0 Å². The number of benzene rings is 2. The number of hydrogen-bond donors (Lipinski definition) is 0. The van der Waals surface area contributed by atoms with E-state index in [0.717, 1.165) is 18.2 Å². The van der Waals surface area contributed by atoms with E-state index in [0.29, 0.717) is 37.8 Å². The second-order valence-corrected chi connectivity index (χ2v) is 18.1. The van der Waals surface area contributed by atoms with E-state index in [-0.39, 0.29) is 37.7 Å². The van der Waals surface area contributed by atoms with Gasteiger partial charge in [0, 0.05) is 11.0 Å². The number of ether oxygens (including phenoxy) is 4. The van der Waals surface area contributed by atoms with Crippen LogP contribution in [-0.2, 0) is 19.6 Å². The average Bonchev–Trinajstić information content (AvgIpc) is 4.13. The summed E-state index contributed by atoms with van der Waals surface area (Å²) in [6.07, 6.45) is -7.82. The SMILES string of the molecule is CCC(C)(C)c1c(F)cc(-c2nnc(-c3cc(F)c(OC(C=CCC4CO4)=CC=C(C)C(C4=CC=C(OC(C)(C)C)C(C)(CC5CO5)C4)(C(F)(F)F)C(F)(F)F)c(F)c3F)o2)c(F)c1F. The van der Waals surface area contributed by atoms with Gasteiger partial charge in [-0.1, -0.05) is 45.9 Å². The first-order chi connectivity index (χ1) is 30.0. The monoisotopic (exact) mass is 934 g/mol. The number of halogens is 12. The van der Waals surface area contributed by atoms with Gasteiger partial charge in [-0.25, -0.2) is 22.0 Å². The van der Waals surface area contributed by atoms with E-state index < -0.39 is 133 Å². The zero-order chi connectivity index (χ0) is 48.2. The highest BCUT2D eigenvalue weighted by atomic mass is 19.4. The smallest absolute Gasteiger partial charge is 0.410 e. The van der Waals surface area contributed by atoms with Gasteiger partial charge in [0.1, 0.15) is 22.9 Å². The largest absolute Gasteiger partial charge is 0.492 e. The minimum atomic E-state index is -5.99. The Morgan fingerprint density at radius 3 is 1.86 bits per heavy atom. The third-order valence-corrected chi connectivity index (χ3v) is 11.6. The van der Waals surface area contributed by atoms with Crippen molar-refractivity contribution in [2.45, 2.75) is 117 Å². The quantitative estimate of drug-likeness (QED) is 0.0493. The van der Waals surface area contributed by atoms with Crippen molar-refractivity contribution >= 4 is 0 Å².